The van der Waals surface area contributed by atoms with Crippen molar-refractivity contribution in [3.05, 3.63) is 72.4 Å². The molecule has 2 aromatic heterocycles. The number of pyridine rings is 1. The van der Waals surface area contributed by atoms with E-state index in [0.29, 0.717) is 40.6 Å². The number of aliphatic hydroxyl groups excluding tert-OH is 1. The first-order chi connectivity index (χ1) is 19.0. The number of aromatic nitrogens is 3. The summed E-state index contributed by atoms with van der Waals surface area (Å²) in [5, 5.41) is 16.9. The minimum atomic E-state index is -0.670. The highest BCUT2D eigenvalue weighted by molar-refractivity contribution is 6.05. The topological polar surface area (TPSA) is 120 Å². The van der Waals surface area contributed by atoms with E-state index in [-0.39, 0.29) is 11.8 Å². The van der Waals surface area contributed by atoms with Crippen molar-refractivity contribution >= 4 is 34.4 Å². The molecule has 0 spiro atoms. The van der Waals surface area contributed by atoms with Crippen LogP contribution in [-0.2, 0) is 4.79 Å². The van der Waals surface area contributed by atoms with Gasteiger partial charge in [0.1, 0.15) is 11.6 Å². The van der Waals surface area contributed by atoms with E-state index in [4.69, 9.17) is 0 Å². The van der Waals surface area contributed by atoms with E-state index >= 15 is 0 Å². The Bertz CT molecular complexity index is 1550. The van der Waals surface area contributed by atoms with Gasteiger partial charge in [0, 0.05) is 23.0 Å². The zero-order valence-electron chi connectivity index (χ0n) is 21.6. The first-order valence-electron chi connectivity index (χ1n) is 13.8. The summed E-state index contributed by atoms with van der Waals surface area (Å²) >= 11 is 0. The number of hydrogen-bond donors (Lipinski definition) is 4. The quantitative estimate of drug-likeness (QED) is 0.281. The van der Waals surface area contributed by atoms with Gasteiger partial charge in [-0.1, -0.05) is 6.07 Å². The van der Waals surface area contributed by atoms with Gasteiger partial charge in [0.25, 0.3) is 5.91 Å². The minimum absolute atomic E-state index is 0.0414. The third-order valence-corrected chi connectivity index (χ3v) is 9.19. The molecule has 5 atom stereocenters. The second kappa shape index (κ2) is 9.31. The maximum Gasteiger partial charge on any atom is 0.256 e. The Morgan fingerprint density at radius 2 is 1.79 bits per heavy atom. The maximum atomic E-state index is 13.6. The fourth-order valence-corrected chi connectivity index (χ4v) is 7.31. The normalized spacial score (nSPS) is 27.3. The summed E-state index contributed by atoms with van der Waals surface area (Å²) in [5.41, 5.74) is 2.93. The van der Waals surface area contributed by atoms with Crippen molar-refractivity contribution < 1.29 is 14.7 Å². The van der Waals surface area contributed by atoms with E-state index in [2.05, 4.69) is 25.6 Å². The van der Waals surface area contributed by atoms with Gasteiger partial charge in [0.05, 0.1) is 22.6 Å². The number of nitrogens with one attached hydrogen (secondary N) is 3. The number of aromatic amines is 1. The number of aliphatic hydroxyl groups is 1. The van der Waals surface area contributed by atoms with Crippen LogP contribution in [0.2, 0.25) is 0 Å². The number of benzene rings is 2. The number of rotatable bonds is 5. The van der Waals surface area contributed by atoms with Crippen LogP contribution in [0.5, 0.6) is 0 Å². The predicted octanol–water partition coefficient (Wildman–Crippen LogP) is 5.39. The van der Waals surface area contributed by atoms with E-state index in [1.807, 2.05) is 36.4 Å². The molecule has 8 nitrogen and oxygen atoms in total. The summed E-state index contributed by atoms with van der Waals surface area (Å²) in [5.74, 6) is 2.70. The Morgan fingerprint density at radius 3 is 2.62 bits per heavy atom. The van der Waals surface area contributed by atoms with Gasteiger partial charge in [-0.3, -0.25) is 9.59 Å². The third-order valence-electron chi connectivity index (χ3n) is 9.19. The number of carbonyl (C=O) groups is 2. The van der Waals surface area contributed by atoms with Crippen LogP contribution >= 0.6 is 0 Å². The number of nitrogens with zero attached hydrogens (tertiary/aromatic N) is 2. The molecule has 3 saturated carbocycles. The van der Waals surface area contributed by atoms with Crippen LogP contribution in [0.4, 0.5) is 11.5 Å². The molecule has 0 aliphatic heterocycles. The Morgan fingerprint density at radius 1 is 0.949 bits per heavy atom. The molecule has 39 heavy (non-hydrogen) atoms. The Balaban J connectivity index is 1.07. The molecule has 2 aromatic carbocycles. The molecule has 0 saturated heterocycles. The number of fused-ring (bicyclic) bond motifs is 3. The lowest BCUT2D eigenvalue weighted by Crippen LogP contribution is -2.48. The van der Waals surface area contributed by atoms with Crippen LogP contribution in [0.25, 0.3) is 22.4 Å². The van der Waals surface area contributed by atoms with Gasteiger partial charge < -0.3 is 20.7 Å². The lowest BCUT2D eigenvalue weighted by atomic mass is 9.65. The van der Waals surface area contributed by atoms with E-state index in [1.165, 1.54) is 12.8 Å². The second-order valence-corrected chi connectivity index (χ2v) is 11.5. The van der Waals surface area contributed by atoms with Gasteiger partial charge in [-0.15, -0.1) is 0 Å². The number of hydrogen-bond acceptors (Lipinski definition) is 5. The largest absolute Gasteiger partial charge is 0.392 e. The molecule has 8 heteroatoms. The highest BCUT2D eigenvalue weighted by Gasteiger charge is 2.57. The Hall–Kier alpha value is -4.04. The molecular weight excluding hydrogens is 490 g/mol. The lowest BCUT2D eigenvalue weighted by Gasteiger charge is -2.41. The van der Waals surface area contributed by atoms with E-state index in [9.17, 15) is 14.7 Å². The molecule has 3 aliphatic carbocycles. The smallest absolute Gasteiger partial charge is 0.256 e. The molecule has 3 bridgehead atoms. The summed E-state index contributed by atoms with van der Waals surface area (Å²) < 4.78 is 0. The summed E-state index contributed by atoms with van der Waals surface area (Å²) in [7, 11) is 0. The number of anilines is 2. The first-order valence-corrected chi connectivity index (χ1v) is 13.8. The average molecular weight is 522 g/mol. The second-order valence-electron chi connectivity index (χ2n) is 11.5. The Kier molecular flexibility index (Phi) is 5.74. The van der Waals surface area contributed by atoms with Crippen LogP contribution in [0.1, 0.15) is 48.9 Å². The van der Waals surface area contributed by atoms with Crippen molar-refractivity contribution in [1.29, 1.82) is 0 Å². The highest BCUT2D eigenvalue weighted by Crippen LogP contribution is 2.59. The van der Waals surface area contributed by atoms with Crippen LogP contribution < -0.4 is 10.6 Å². The molecule has 4 N–H and O–H groups in total. The number of H-pyrrole nitrogens is 1. The van der Waals surface area contributed by atoms with Gasteiger partial charge in [-0.25, -0.2) is 9.97 Å². The summed E-state index contributed by atoms with van der Waals surface area (Å²) in [6.07, 6.45) is 6.86. The fourth-order valence-electron chi connectivity index (χ4n) is 7.31. The van der Waals surface area contributed by atoms with Gasteiger partial charge in [-0.2, -0.15) is 0 Å². The first kappa shape index (κ1) is 24.0. The number of amides is 2. The minimum Gasteiger partial charge on any atom is -0.392 e. The van der Waals surface area contributed by atoms with Crippen molar-refractivity contribution in [3.8, 4) is 11.4 Å². The third kappa shape index (κ3) is 4.29. The number of carbonyl (C=O) groups excluding carboxylic acids is 2. The Labute approximate surface area is 226 Å². The van der Waals surface area contributed by atoms with Crippen molar-refractivity contribution in [2.75, 3.05) is 10.6 Å². The van der Waals surface area contributed by atoms with E-state index < -0.39 is 11.5 Å². The molecule has 2 heterocycles. The van der Waals surface area contributed by atoms with Gasteiger partial charge in [0.2, 0.25) is 5.91 Å². The fraction of sp³-hybridized carbons (Fsp3) is 0.355. The maximum absolute atomic E-state index is 13.6. The standard InChI is InChI=1S/C31H31N5O3/c37-26-11-7-20-13-18-14-22(20)17-31(26,16-18)30(39)33-23-8-4-19(5-9-23)28-34-24-10-6-21(15-25(24)35-28)29(38)36-27-3-1-2-12-32-27/h1-6,8-10,12,15,18,20,22,26,37H,7,11,13-14,16-17H2,(H,33,39)(H,34,35)(H,32,36,38). The van der Waals surface area contributed by atoms with Gasteiger partial charge >= 0.3 is 0 Å². The summed E-state index contributed by atoms with van der Waals surface area (Å²) in [6.45, 7) is 0. The van der Waals surface area contributed by atoms with Crippen LogP contribution in [-0.4, -0.2) is 38.0 Å². The number of imidazole rings is 1. The molecular formula is C31H31N5O3. The highest BCUT2D eigenvalue weighted by atomic mass is 16.3. The molecule has 4 aromatic rings. The predicted molar refractivity (Wildman–Crippen MR) is 149 cm³/mol. The van der Waals surface area contributed by atoms with E-state index in [1.54, 1.807) is 30.5 Å². The van der Waals surface area contributed by atoms with Crippen LogP contribution in [0.3, 0.4) is 0 Å². The van der Waals surface area contributed by atoms with Gasteiger partial charge in [0.15, 0.2) is 0 Å². The zero-order chi connectivity index (χ0) is 26.6. The molecule has 0 radical (unpaired) electrons. The van der Waals surface area contributed by atoms with Crippen molar-refractivity contribution in [2.24, 2.45) is 23.2 Å². The summed E-state index contributed by atoms with van der Waals surface area (Å²) in [6, 6.07) is 18.3. The zero-order valence-corrected chi connectivity index (χ0v) is 21.6. The lowest BCUT2D eigenvalue weighted by molar-refractivity contribution is -0.137. The van der Waals surface area contributed by atoms with Crippen molar-refractivity contribution in [1.82, 2.24) is 15.0 Å². The average Bonchev–Trinajstić information content (AvgIpc) is 3.48. The molecule has 3 fully saturated rings. The van der Waals surface area contributed by atoms with Crippen LogP contribution in [0.15, 0.2) is 66.9 Å². The molecule has 2 amide bonds. The van der Waals surface area contributed by atoms with E-state index in [0.717, 1.165) is 42.3 Å². The molecule has 198 valence electrons. The monoisotopic (exact) mass is 521 g/mol. The van der Waals surface area contributed by atoms with Crippen molar-refractivity contribution in [3.63, 3.8) is 0 Å². The van der Waals surface area contributed by atoms with Gasteiger partial charge in [-0.05, 0) is 111 Å². The SMILES string of the molecule is O=C(Nc1ccccn1)c1ccc2nc(-c3ccc(NC(=O)C45CC6CC(CCC4O)C(C6)C5)cc3)[nH]c2c1. The molecule has 7 rings (SSSR count). The van der Waals surface area contributed by atoms with Crippen LogP contribution in [0, 0.1) is 23.2 Å². The van der Waals surface area contributed by atoms with Crippen molar-refractivity contribution in [2.45, 2.75) is 44.6 Å². The molecule has 3 aliphatic rings. The molecule has 5 unspecified atom stereocenters. The summed E-state index contributed by atoms with van der Waals surface area (Å²) in [4.78, 5) is 38.4.